The molecule has 4 aromatic rings. The highest BCUT2D eigenvalue weighted by Gasteiger charge is 2.38. The van der Waals surface area contributed by atoms with Gasteiger partial charge in [0.2, 0.25) is 0 Å². The summed E-state index contributed by atoms with van der Waals surface area (Å²) in [4.78, 5) is 11.3. The van der Waals surface area contributed by atoms with Gasteiger partial charge in [0.15, 0.2) is 11.6 Å². The summed E-state index contributed by atoms with van der Waals surface area (Å²) in [6.45, 7) is 0.670. The van der Waals surface area contributed by atoms with Crippen LogP contribution in [0.1, 0.15) is 5.56 Å². The lowest BCUT2D eigenvalue weighted by atomic mass is 10.1. The lowest BCUT2D eigenvalue weighted by molar-refractivity contribution is 0.591. The molecule has 162 valence electrons. The maximum absolute atomic E-state index is 13.6. The molecule has 0 amide bonds. The number of hydrogen-bond acceptors (Lipinski definition) is 5. The Kier molecular flexibility index (Phi) is 5.41. The first-order chi connectivity index (χ1) is 15.4. The fraction of sp³-hybridized carbons (Fsp3) is 0.130. The molecule has 0 N–H and O–H groups in total. The van der Waals surface area contributed by atoms with E-state index in [-0.39, 0.29) is 27.4 Å². The van der Waals surface area contributed by atoms with E-state index >= 15 is 0 Å². The number of para-hydroxylation sites is 2. The first-order valence-corrected chi connectivity index (χ1v) is 12.2. The van der Waals surface area contributed by atoms with Crippen LogP contribution in [0.5, 0.6) is 0 Å². The average Bonchev–Trinajstić information content (AvgIpc) is 3.16. The maximum atomic E-state index is 13.6. The lowest BCUT2D eigenvalue weighted by Gasteiger charge is -2.21. The zero-order valence-electron chi connectivity index (χ0n) is 16.8. The molecule has 1 aliphatic rings. The van der Waals surface area contributed by atoms with Crippen LogP contribution in [0.4, 0.5) is 11.6 Å². The minimum absolute atomic E-state index is 0.0579. The number of nitrogens with zero attached hydrogens (tertiary/aromatic N) is 4. The van der Waals surface area contributed by atoms with Gasteiger partial charge in [-0.1, -0.05) is 65.7 Å². The van der Waals surface area contributed by atoms with E-state index in [1.54, 1.807) is 6.07 Å². The smallest absolute Gasteiger partial charge is 0.268 e. The highest BCUT2D eigenvalue weighted by Crippen LogP contribution is 2.39. The van der Waals surface area contributed by atoms with E-state index in [9.17, 15) is 8.42 Å². The van der Waals surface area contributed by atoms with Gasteiger partial charge in [0.1, 0.15) is 11.6 Å². The van der Waals surface area contributed by atoms with Crippen molar-refractivity contribution in [1.29, 1.82) is 0 Å². The quantitative estimate of drug-likeness (QED) is 0.391. The molecule has 2 heterocycles. The van der Waals surface area contributed by atoms with Gasteiger partial charge in [0, 0.05) is 11.6 Å². The minimum Gasteiger partial charge on any atom is -0.334 e. The van der Waals surface area contributed by atoms with Crippen LogP contribution < -0.4 is 9.21 Å². The van der Waals surface area contributed by atoms with Gasteiger partial charge < -0.3 is 4.90 Å². The SMILES string of the molecule is O=S(=O)(c1cc(Cl)ccc1Cl)N1CN(CCc2ccccc2)c2nc3ccccc3nc21. The minimum atomic E-state index is -4.02. The van der Waals surface area contributed by atoms with Crippen molar-refractivity contribution in [3.63, 3.8) is 0 Å². The van der Waals surface area contributed by atoms with Gasteiger partial charge >= 0.3 is 0 Å². The topological polar surface area (TPSA) is 66.4 Å². The normalized spacial score (nSPS) is 13.6. The van der Waals surface area contributed by atoms with Gasteiger partial charge in [0.05, 0.1) is 16.1 Å². The molecule has 0 unspecified atom stereocenters. The standard InChI is InChI=1S/C23H18Cl2N4O2S/c24-17-10-11-18(25)21(14-17)32(30,31)29-15-28(13-12-16-6-2-1-3-7-16)22-23(29)27-20-9-5-4-8-19(20)26-22/h1-11,14H,12-13,15H2. The van der Waals surface area contributed by atoms with Crippen LogP contribution in [0, 0.1) is 0 Å². The molecule has 0 saturated carbocycles. The molecule has 0 fully saturated rings. The summed E-state index contributed by atoms with van der Waals surface area (Å²) < 4.78 is 28.5. The van der Waals surface area contributed by atoms with Gasteiger partial charge in [-0.25, -0.2) is 22.7 Å². The van der Waals surface area contributed by atoms with E-state index in [4.69, 9.17) is 28.2 Å². The molecule has 0 bridgehead atoms. The van der Waals surface area contributed by atoms with Crippen molar-refractivity contribution in [2.24, 2.45) is 0 Å². The summed E-state index contributed by atoms with van der Waals surface area (Å²) in [6, 6.07) is 21.8. The van der Waals surface area contributed by atoms with Crippen molar-refractivity contribution in [3.8, 4) is 0 Å². The predicted octanol–water partition coefficient (Wildman–Crippen LogP) is 5.15. The third-order valence-electron chi connectivity index (χ3n) is 5.34. The highest BCUT2D eigenvalue weighted by molar-refractivity contribution is 7.93. The van der Waals surface area contributed by atoms with Crippen LogP contribution in [0.15, 0.2) is 77.7 Å². The molecule has 0 atom stereocenters. The molecule has 6 nitrogen and oxygen atoms in total. The maximum Gasteiger partial charge on any atom is 0.268 e. The summed E-state index contributed by atoms with van der Waals surface area (Å²) in [5, 5.41) is 0.394. The van der Waals surface area contributed by atoms with E-state index in [0.717, 1.165) is 12.0 Å². The van der Waals surface area contributed by atoms with Gasteiger partial charge in [-0.05, 0) is 42.3 Å². The number of benzene rings is 3. The van der Waals surface area contributed by atoms with Crippen LogP contribution in [-0.4, -0.2) is 31.6 Å². The summed E-state index contributed by atoms with van der Waals surface area (Å²) in [5.74, 6) is 0.814. The molecule has 5 rings (SSSR count). The Morgan fingerprint density at radius 3 is 2.22 bits per heavy atom. The van der Waals surface area contributed by atoms with Gasteiger partial charge in [-0.3, -0.25) is 0 Å². The number of halogens is 2. The second-order valence-electron chi connectivity index (χ2n) is 7.43. The van der Waals surface area contributed by atoms with Crippen molar-refractivity contribution in [3.05, 3.63) is 88.4 Å². The average molecular weight is 485 g/mol. The molecule has 1 aliphatic heterocycles. The van der Waals surface area contributed by atoms with Gasteiger partial charge in [-0.15, -0.1) is 0 Å². The van der Waals surface area contributed by atoms with Crippen LogP contribution in [0.2, 0.25) is 10.0 Å². The first kappa shape index (κ1) is 21.0. The van der Waals surface area contributed by atoms with E-state index in [0.29, 0.717) is 23.4 Å². The van der Waals surface area contributed by atoms with E-state index in [2.05, 4.69) is 4.98 Å². The molecule has 9 heteroatoms. The second kappa shape index (κ2) is 8.24. The zero-order chi connectivity index (χ0) is 22.3. The Balaban J connectivity index is 1.59. The second-order valence-corrected chi connectivity index (χ2v) is 10.1. The molecule has 0 aliphatic carbocycles. The molecule has 32 heavy (non-hydrogen) atoms. The third-order valence-corrected chi connectivity index (χ3v) is 7.78. The molecule has 1 aromatic heterocycles. The zero-order valence-corrected chi connectivity index (χ0v) is 19.1. The van der Waals surface area contributed by atoms with Crippen molar-refractivity contribution >= 4 is 55.9 Å². The molecular formula is C23H18Cl2N4O2S. The fourth-order valence-corrected chi connectivity index (χ4v) is 5.83. The van der Waals surface area contributed by atoms with Crippen LogP contribution >= 0.6 is 23.2 Å². The highest BCUT2D eigenvalue weighted by atomic mass is 35.5. The molecular weight excluding hydrogens is 467 g/mol. The summed E-state index contributed by atoms with van der Waals surface area (Å²) >= 11 is 12.3. The van der Waals surface area contributed by atoms with Crippen molar-refractivity contribution in [1.82, 2.24) is 9.97 Å². The van der Waals surface area contributed by atoms with Crippen LogP contribution in [0.3, 0.4) is 0 Å². The Labute approximate surface area is 196 Å². The van der Waals surface area contributed by atoms with E-state index in [1.807, 2.05) is 59.5 Å². The summed E-state index contributed by atoms with van der Waals surface area (Å²) in [5.41, 5.74) is 2.48. The molecule has 0 spiro atoms. The van der Waals surface area contributed by atoms with Crippen LogP contribution in [-0.2, 0) is 16.4 Å². The van der Waals surface area contributed by atoms with E-state index < -0.39 is 10.0 Å². The lowest BCUT2D eigenvalue weighted by Crippen LogP contribution is -2.36. The third kappa shape index (κ3) is 3.77. The predicted molar refractivity (Wildman–Crippen MR) is 128 cm³/mol. The Morgan fingerprint density at radius 2 is 1.50 bits per heavy atom. The number of rotatable bonds is 5. The van der Waals surface area contributed by atoms with Gasteiger partial charge in [0.25, 0.3) is 10.0 Å². The number of anilines is 2. The van der Waals surface area contributed by atoms with Crippen molar-refractivity contribution in [2.75, 3.05) is 22.4 Å². The Hall–Kier alpha value is -2.87. The largest absolute Gasteiger partial charge is 0.334 e. The van der Waals surface area contributed by atoms with Crippen LogP contribution in [0.25, 0.3) is 11.0 Å². The number of sulfonamides is 1. The molecule has 0 saturated heterocycles. The number of hydrogen-bond donors (Lipinski definition) is 0. The molecule has 0 radical (unpaired) electrons. The molecule has 3 aromatic carbocycles. The van der Waals surface area contributed by atoms with Crippen molar-refractivity contribution in [2.45, 2.75) is 11.3 Å². The first-order valence-electron chi connectivity index (χ1n) is 9.97. The summed E-state index contributed by atoms with van der Waals surface area (Å²) in [7, 11) is -4.02. The Bertz CT molecular complexity index is 1410. The number of aromatic nitrogens is 2. The monoisotopic (exact) mass is 484 g/mol. The van der Waals surface area contributed by atoms with Gasteiger partial charge in [-0.2, -0.15) is 0 Å². The van der Waals surface area contributed by atoms with E-state index in [1.165, 1.54) is 16.4 Å². The van der Waals surface area contributed by atoms with Crippen molar-refractivity contribution < 1.29 is 8.42 Å². The summed E-state index contributed by atoms with van der Waals surface area (Å²) in [6.07, 6.45) is 0.737. The fourth-order valence-electron chi connectivity index (χ4n) is 3.72. The number of fused-ring (bicyclic) bond motifs is 2. The Morgan fingerprint density at radius 1 is 0.844 bits per heavy atom.